The van der Waals surface area contributed by atoms with Gasteiger partial charge in [-0.3, -0.25) is 4.98 Å². The minimum atomic E-state index is 0.660. The summed E-state index contributed by atoms with van der Waals surface area (Å²) in [6, 6.07) is 3.79. The lowest BCUT2D eigenvalue weighted by atomic mass is 10.1. The van der Waals surface area contributed by atoms with Crippen LogP contribution in [0.25, 0.3) is 11.4 Å². The van der Waals surface area contributed by atoms with E-state index in [0.29, 0.717) is 5.82 Å². The minimum Gasteiger partial charge on any atom is -0.339 e. The normalized spacial score (nSPS) is 11.0. The molecule has 0 spiro atoms. The van der Waals surface area contributed by atoms with Crippen LogP contribution in [-0.2, 0) is 6.42 Å². The van der Waals surface area contributed by atoms with E-state index in [9.17, 15) is 0 Å². The van der Waals surface area contributed by atoms with Crippen molar-refractivity contribution in [2.24, 2.45) is 0 Å². The third-order valence-electron chi connectivity index (χ3n) is 3.90. The van der Waals surface area contributed by atoms with Crippen LogP contribution in [0.2, 0.25) is 0 Å². The Kier molecular flexibility index (Phi) is 7.64. The van der Waals surface area contributed by atoms with Gasteiger partial charge in [-0.1, -0.05) is 63.4 Å². The highest BCUT2D eigenvalue weighted by Crippen LogP contribution is 2.16. The summed E-state index contributed by atoms with van der Waals surface area (Å²) >= 11 is 0. The van der Waals surface area contributed by atoms with Crippen molar-refractivity contribution in [1.82, 2.24) is 15.1 Å². The van der Waals surface area contributed by atoms with E-state index in [4.69, 9.17) is 4.52 Å². The molecule has 2 aromatic heterocycles. The molecule has 2 rings (SSSR count). The fourth-order valence-corrected chi connectivity index (χ4v) is 2.56. The van der Waals surface area contributed by atoms with Crippen molar-refractivity contribution in [1.29, 1.82) is 0 Å². The summed E-state index contributed by atoms with van der Waals surface area (Å²) in [6.45, 7) is 2.26. The van der Waals surface area contributed by atoms with Crippen molar-refractivity contribution in [3.05, 3.63) is 30.4 Å². The molecule has 4 heteroatoms. The zero-order valence-corrected chi connectivity index (χ0v) is 13.6. The summed E-state index contributed by atoms with van der Waals surface area (Å²) in [5.74, 6) is 1.41. The zero-order chi connectivity index (χ0) is 15.5. The monoisotopic (exact) mass is 301 g/mol. The summed E-state index contributed by atoms with van der Waals surface area (Å²) < 4.78 is 5.31. The smallest absolute Gasteiger partial charge is 0.226 e. The number of hydrogen-bond donors (Lipinski definition) is 0. The van der Waals surface area contributed by atoms with E-state index in [-0.39, 0.29) is 0 Å². The average Bonchev–Trinajstić information content (AvgIpc) is 3.03. The molecule has 2 aromatic rings. The number of rotatable bonds is 11. The molecule has 0 aliphatic heterocycles. The molecule has 22 heavy (non-hydrogen) atoms. The van der Waals surface area contributed by atoms with Crippen LogP contribution < -0.4 is 0 Å². The Morgan fingerprint density at radius 1 is 0.864 bits per heavy atom. The standard InChI is InChI=1S/C18H27N3O/c1-2-3-4-5-6-7-8-9-10-11-17-20-18(21-22-17)16-12-14-19-15-13-16/h12-15H,2-11H2,1H3. The second kappa shape index (κ2) is 10.1. The maximum absolute atomic E-state index is 5.31. The molecule has 0 aliphatic rings. The fourth-order valence-electron chi connectivity index (χ4n) is 2.56. The molecule has 0 amide bonds. The summed E-state index contributed by atoms with van der Waals surface area (Å²) in [6.07, 6.45) is 16.3. The van der Waals surface area contributed by atoms with E-state index in [1.165, 1.54) is 51.4 Å². The van der Waals surface area contributed by atoms with Crippen LogP contribution in [0.1, 0.15) is 70.6 Å². The van der Waals surface area contributed by atoms with Crippen LogP contribution in [0.3, 0.4) is 0 Å². The fraction of sp³-hybridized carbons (Fsp3) is 0.611. The van der Waals surface area contributed by atoms with Crippen LogP contribution in [0.15, 0.2) is 29.0 Å². The first-order valence-corrected chi connectivity index (χ1v) is 8.63. The highest BCUT2D eigenvalue weighted by molar-refractivity contribution is 5.52. The van der Waals surface area contributed by atoms with Crippen molar-refractivity contribution in [3.8, 4) is 11.4 Å². The Hall–Kier alpha value is -1.71. The molecule has 0 aliphatic carbocycles. The zero-order valence-electron chi connectivity index (χ0n) is 13.6. The van der Waals surface area contributed by atoms with Gasteiger partial charge in [-0.2, -0.15) is 4.98 Å². The van der Waals surface area contributed by atoms with Gasteiger partial charge in [0.25, 0.3) is 0 Å². The van der Waals surface area contributed by atoms with Gasteiger partial charge in [-0.05, 0) is 18.6 Å². The van der Waals surface area contributed by atoms with Crippen LogP contribution in [0.4, 0.5) is 0 Å². The van der Waals surface area contributed by atoms with Gasteiger partial charge < -0.3 is 4.52 Å². The molecular formula is C18H27N3O. The molecule has 120 valence electrons. The third kappa shape index (κ3) is 5.96. The topological polar surface area (TPSA) is 51.8 Å². The molecule has 0 saturated carbocycles. The van der Waals surface area contributed by atoms with E-state index < -0.39 is 0 Å². The van der Waals surface area contributed by atoms with Crippen LogP contribution in [-0.4, -0.2) is 15.1 Å². The molecule has 0 bridgehead atoms. The first kappa shape index (κ1) is 16.7. The van der Waals surface area contributed by atoms with Crippen molar-refractivity contribution in [2.45, 2.75) is 71.1 Å². The van der Waals surface area contributed by atoms with E-state index >= 15 is 0 Å². The molecule has 0 fully saturated rings. The Labute approximate surface area is 133 Å². The Morgan fingerprint density at radius 3 is 2.18 bits per heavy atom. The van der Waals surface area contributed by atoms with E-state index in [0.717, 1.165) is 24.3 Å². The van der Waals surface area contributed by atoms with Crippen molar-refractivity contribution in [3.63, 3.8) is 0 Å². The van der Waals surface area contributed by atoms with Gasteiger partial charge >= 0.3 is 0 Å². The van der Waals surface area contributed by atoms with Gasteiger partial charge in [-0.15, -0.1) is 0 Å². The quantitative estimate of drug-likeness (QED) is 0.535. The maximum Gasteiger partial charge on any atom is 0.226 e. The van der Waals surface area contributed by atoms with Gasteiger partial charge in [0.2, 0.25) is 11.7 Å². The van der Waals surface area contributed by atoms with Crippen LogP contribution in [0.5, 0.6) is 0 Å². The number of hydrogen-bond acceptors (Lipinski definition) is 4. The molecule has 0 saturated heterocycles. The summed E-state index contributed by atoms with van der Waals surface area (Å²) in [7, 11) is 0. The molecule has 0 atom stereocenters. The predicted molar refractivity (Wildman–Crippen MR) is 88.5 cm³/mol. The van der Waals surface area contributed by atoms with Gasteiger partial charge in [-0.25, -0.2) is 0 Å². The largest absolute Gasteiger partial charge is 0.339 e. The lowest BCUT2D eigenvalue weighted by molar-refractivity contribution is 0.373. The second-order valence-electron chi connectivity index (χ2n) is 5.83. The number of nitrogens with zero attached hydrogens (tertiary/aromatic N) is 3. The molecule has 0 aromatic carbocycles. The SMILES string of the molecule is CCCCCCCCCCCc1nc(-c2ccncc2)no1. The van der Waals surface area contributed by atoms with E-state index in [1.807, 2.05) is 12.1 Å². The molecule has 0 radical (unpaired) electrons. The number of unbranched alkanes of at least 4 members (excludes halogenated alkanes) is 8. The highest BCUT2D eigenvalue weighted by atomic mass is 16.5. The van der Waals surface area contributed by atoms with E-state index in [1.54, 1.807) is 12.4 Å². The Bertz CT molecular complexity index is 510. The summed E-state index contributed by atoms with van der Waals surface area (Å²) in [5.41, 5.74) is 0.956. The Balaban J connectivity index is 1.57. The second-order valence-corrected chi connectivity index (χ2v) is 5.83. The molecule has 2 heterocycles. The number of pyridine rings is 1. The average molecular weight is 301 g/mol. The number of aromatic nitrogens is 3. The molecule has 0 N–H and O–H groups in total. The minimum absolute atomic E-state index is 0.660. The first-order chi connectivity index (χ1) is 10.9. The molecule has 0 unspecified atom stereocenters. The molecular weight excluding hydrogens is 274 g/mol. The first-order valence-electron chi connectivity index (χ1n) is 8.63. The van der Waals surface area contributed by atoms with Gasteiger partial charge in [0.1, 0.15) is 0 Å². The maximum atomic E-state index is 5.31. The summed E-state index contributed by atoms with van der Waals surface area (Å²) in [4.78, 5) is 8.44. The predicted octanol–water partition coefficient (Wildman–Crippen LogP) is 5.20. The van der Waals surface area contributed by atoms with Crippen molar-refractivity contribution < 1.29 is 4.52 Å². The summed E-state index contributed by atoms with van der Waals surface area (Å²) in [5, 5.41) is 4.03. The van der Waals surface area contributed by atoms with Crippen LogP contribution >= 0.6 is 0 Å². The van der Waals surface area contributed by atoms with Gasteiger partial charge in [0.15, 0.2) is 0 Å². The Morgan fingerprint density at radius 2 is 1.50 bits per heavy atom. The third-order valence-corrected chi connectivity index (χ3v) is 3.90. The van der Waals surface area contributed by atoms with Crippen molar-refractivity contribution in [2.75, 3.05) is 0 Å². The molecule has 4 nitrogen and oxygen atoms in total. The van der Waals surface area contributed by atoms with E-state index in [2.05, 4.69) is 22.0 Å². The number of aryl methyl sites for hydroxylation is 1. The lowest BCUT2D eigenvalue weighted by Gasteiger charge is -2.00. The van der Waals surface area contributed by atoms with Crippen LogP contribution in [0, 0.1) is 0 Å². The van der Waals surface area contributed by atoms with Gasteiger partial charge in [0, 0.05) is 24.4 Å². The van der Waals surface area contributed by atoms with Gasteiger partial charge in [0.05, 0.1) is 0 Å². The highest BCUT2D eigenvalue weighted by Gasteiger charge is 2.07. The lowest BCUT2D eigenvalue weighted by Crippen LogP contribution is -1.87. The van der Waals surface area contributed by atoms with Crippen molar-refractivity contribution >= 4 is 0 Å².